The smallest absolute Gasteiger partial charge is 0.121 e. The Labute approximate surface area is 46.1 Å². The van der Waals surface area contributed by atoms with E-state index < -0.39 is 0 Å². The van der Waals surface area contributed by atoms with Crippen molar-refractivity contribution >= 4 is 15.7 Å². The number of hydrogen-bond donors (Lipinski definition) is 0. The van der Waals surface area contributed by atoms with Crippen LogP contribution in [0.3, 0.4) is 0 Å². The van der Waals surface area contributed by atoms with Crippen LogP contribution in [0.15, 0.2) is 0 Å². The molecule has 0 rings (SSSR count). The fourth-order valence-corrected chi connectivity index (χ4v) is 0.405. The number of hydrogen-bond acceptors (Lipinski definition) is 2. The van der Waals surface area contributed by atoms with Crippen molar-refractivity contribution in [3.63, 3.8) is 0 Å². The van der Waals surface area contributed by atoms with Crippen molar-refractivity contribution in [3.05, 3.63) is 0 Å². The van der Waals surface area contributed by atoms with Crippen LogP contribution in [0, 0.1) is 0 Å². The third-order valence-corrected chi connectivity index (χ3v) is 0.858. The highest BCUT2D eigenvalue weighted by molar-refractivity contribution is 7.13. The first-order valence-corrected chi connectivity index (χ1v) is 2.68. The van der Waals surface area contributed by atoms with Gasteiger partial charge in [0, 0.05) is 13.0 Å². The van der Waals surface area contributed by atoms with Gasteiger partial charge in [-0.2, -0.15) is 0 Å². The summed E-state index contributed by atoms with van der Waals surface area (Å²) >= 11 is 0. The molecular weight excluding hydrogens is 109 g/mol. The second kappa shape index (κ2) is 4.23. The molecule has 1 unspecified atom stereocenters. The van der Waals surface area contributed by atoms with E-state index >= 15 is 0 Å². The van der Waals surface area contributed by atoms with E-state index in [1.165, 1.54) is 0 Å². The molecule has 0 N–H and O–H groups in total. The van der Waals surface area contributed by atoms with E-state index in [0.717, 1.165) is 12.8 Å². The second-order valence-electron chi connectivity index (χ2n) is 1.44. The van der Waals surface area contributed by atoms with Gasteiger partial charge in [-0.15, -0.1) is 0 Å². The van der Waals surface area contributed by atoms with Crippen LogP contribution >= 0.6 is 9.39 Å². The Morgan fingerprint density at radius 2 is 2.43 bits per heavy atom. The molecule has 0 aliphatic rings. The lowest BCUT2D eigenvalue weighted by Gasteiger charge is -2.03. The van der Waals surface area contributed by atoms with Gasteiger partial charge >= 0.3 is 0 Å². The average Bonchev–Trinajstić information content (AvgIpc) is 1.61. The van der Waals surface area contributed by atoms with Crippen molar-refractivity contribution in [2.24, 2.45) is 0 Å². The van der Waals surface area contributed by atoms with E-state index in [4.69, 9.17) is 0 Å². The van der Waals surface area contributed by atoms with Crippen molar-refractivity contribution < 1.29 is 4.79 Å². The first-order chi connectivity index (χ1) is 3.27. The summed E-state index contributed by atoms with van der Waals surface area (Å²) in [6.45, 7) is 0.828. The molecule has 0 heterocycles. The highest BCUT2D eigenvalue weighted by atomic mass is 31.0. The zero-order valence-corrected chi connectivity index (χ0v) is 5.58. The molecule has 0 saturated carbocycles. The molecule has 0 aliphatic heterocycles. The molecule has 0 spiro atoms. The van der Waals surface area contributed by atoms with Crippen molar-refractivity contribution in [3.8, 4) is 0 Å². The molecule has 0 saturated heterocycles. The summed E-state index contributed by atoms with van der Waals surface area (Å²) in [5.74, 6) is 0. The standard InChI is InChI=1S/C4H10NOP/c1-5(7)3-2-4-6/h4H,2-3,7H2,1H3. The molecule has 0 bridgehead atoms. The molecule has 3 heteroatoms. The quantitative estimate of drug-likeness (QED) is 0.393. The van der Waals surface area contributed by atoms with Crippen molar-refractivity contribution in [1.82, 2.24) is 4.67 Å². The first-order valence-electron chi connectivity index (χ1n) is 2.17. The normalized spacial score (nSPS) is 9.57. The van der Waals surface area contributed by atoms with Gasteiger partial charge in [0.2, 0.25) is 0 Å². The van der Waals surface area contributed by atoms with Gasteiger partial charge in [0.1, 0.15) is 6.29 Å². The van der Waals surface area contributed by atoms with Gasteiger partial charge in [0.05, 0.1) is 0 Å². The number of aldehydes is 1. The molecule has 0 aromatic carbocycles. The van der Waals surface area contributed by atoms with Gasteiger partial charge in [-0.1, -0.05) is 9.39 Å². The lowest BCUT2D eigenvalue weighted by Crippen LogP contribution is -2.05. The van der Waals surface area contributed by atoms with Crippen LogP contribution in [-0.4, -0.2) is 24.5 Å². The Morgan fingerprint density at radius 3 is 2.57 bits per heavy atom. The molecule has 1 atom stereocenters. The fourth-order valence-electron chi connectivity index (χ4n) is 0.256. The Morgan fingerprint density at radius 1 is 1.86 bits per heavy atom. The molecular formula is C4H10NOP. The monoisotopic (exact) mass is 119 g/mol. The Bertz CT molecular complexity index is 55.7. The molecule has 0 fully saturated rings. The zero-order valence-electron chi connectivity index (χ0n) is 4.42. The largest absolute Gasteiger partial charge is 0.303 e. The van der Waals surface area contributed by atoms with Crippen LogP contribution in [0.5, 0.6) is 0 Å². The van der Waals surface area contributed by atoms with Crippen LogP contribution in [0.2, 0.25) is 0 Å². The average molecular weight is 119 g/mol. The maximum Gasteiger partial charge on any atom is 0.121 e. The van der Waals surface area contributed by atoms with Gasteiger partial charge in [0.25, 0.3) is 0 Å². The minimum absolute atomic E-state index is 0.625. The predicted octanol–water partition coefficient (Wildman–Crippen LogP) is 0.297. The Balaban J connectivity index is 2.81. The molecule has 0 amide bonds. The number of carbonyl (C=O) groups is 1. The maximum atomic E-state index is 9.67. The van der Waals surface area contributed by atoms with Crippen LogP contribution in [-0.2, 0) is 4.79 Å². The molecule has 42 valence electrons. The number of nitrogens with zero attached hydrogens (tertiary/aromatic N) is 1. The molecule has 7 heavy (non-hydrogen) atoms. The van der Waals surface area contributed by atoms with Crippen LogP contribution in [0.25, 0.3) is 0 Å². The van der Waals surface area contributed by atoms with Crippen molar-refractivity contribution in [2.45, 2.75) is 6.42 Å². The highest BCUT2D eigenvalue weighted by Gasteiger charge is 1.84. The van der Waals surface area contributed by atoms with Crippen LogP contribution < -0.4 is 0 Å². The van der Waals surface area contributed by atoms with Crippen molar-refractivity contribution in [2.75, 3.05) is 13.6 Å². The van der Waals surface area contributed by atoms with Gasteiger partial charge in [-0.05, 0) is 7.05 Å². The molecule has 0 aliphatic carbocycles. The van der Waals surface area contributed by atoms with E-state index in [2.05, 4.69) is 9.39 Å². The third-order valence-electron chi connectivity index (χ3n) is 0.600. The van der Waals surface area contributed by atoms with E-state index in [9.17, 15) is 4.79 Å². The lowest BCUT2D eigenvalue weighted by atomic mass is 10.5. The second-order valence-corrected chi connectivity index (χ2v) is 2.32. The highest BCUT2D eigenvalue weighted by Crippen LogP contribution is 1.90. The van der Waals surface area contributed by atoms with Gasteiger partial charge < -0.3 is 4.79 Å². The number of carbonyl (C=O) groups excluding carboxylic acids is 1. The van der Waals surface area contributed by atoms with E-state index in [-0.39, 0.29) is 0 Å². The van der Waals surface area contributed by atoms with Crippen molar-refractivity contribution in [1.29, 1.82) is 0 Å². The topological polar surface area (TPSA) is 20.3 Å². The minimum Gasteiger partial charge on any atom is -0.303 e. The summed E-state index contributed by atoms with van der Waals surface area (Å²) in [5, 5.41) is 0. The molecule has 0 radical (unpaired) electrons. The summed E-state index contributed by atoms with van der Waals surface area (Å²) in [4.78, 5) is 9.67. The Kier molecular flexibility index (Phi) is 4.26. The van der Waals surface area contributed by atoms with Crippen LogP contribution in [0.1, 0.15) is 6.42 Å². The molecule has 0 aromatic heterocycles. The van der Waals surface area contributed by atoms with Gasteiger partial charge in [-0.25, -0.2) is 0 Å². The maximum absolute atomic E-state index is 9.67. The SMILES string of the molecule is CN(P)CCC=O. The summed E-state index contributed by atoms with van der Waals surface area (Å²) in [6, 6.07) is 0. The third kappa shape index (κ3) is 6.06. The van der Waals surface area contributed by atoms with Crippen LogP contribution in [0.4, 0.5) is 0 Å². The van der Waals surface area contributed by atoms with Gasteiger partial charge in [-0.3, -0.25) is 4.67 Å². The zero-order chi connectivity index (χ0) is 5.70. The molecule has 0 aromatic rings. The summed E-state index contributed by atoms with van der Waals surface area (Å²) in [5.41, 5.74) is 0. The van der Waals surface area contributed by atoms with E-state index in [1.807, 2.05) is 11.7 Å². The summed E-state index contributed by atoms with van der Waals surface area (Å²) in [7, 11) is 4.39. The lowest BCUT2D eigenvalue weighted by molar-refractivity contribution is -0.107. The van der Waals surface area contributed by atoms with E-state index in [0.29, 0.717) is 6.42 Å². The molecule has 2 nitrogen and oxygen atoms in total. The minimum atomic E-state index is 0.625. The number of rotatable bonds is 3. The summed E-state index contributed by atoms with van der Waals surface area (Å²) < 4.78 is 1.90. The van der Waals surface area contributed by atoms with Gasteiger partial charge in [0.15, 0.2) is 0 Å². The Hall–Kier alpha value is 0.0600. The van der Waals surface area contributed by atoms with E-state index in [1.54, 1.807) is 0 Å². The fraction of sp³-hybridized carbons (Fsp3) is 0.750. The first kappa shape index (κ1) is 7.06. The predicted molar refractivity (Wildman–Crippen MR) is 33.0 cm³/mol. The summed E-state index contributed by atoms with van der Waals surface area (Å²) in [6.07, 6.45) is 1.54.